The highest BCUT2D eigenvalue weighted by atomic mass is 32.2. The summed E-state index contributed by atoms with van der Waals surface area (Å²) in [5, 5.41) is 9.40. The van der Waals surface area contributed by atoms with E-state index in [-0.39, 0.29) is 0 Å². The zero-order chi connectivity index (χ0) is 13.8. The number of aliphatic hydroxyl groups is 1. The molecule has 4 heteroatoms. The third kappa shape index (κ3) is 3.78. The van der Waals surface area contributed by atoms with Crippen LogP contribution in [0.4, 0.5) is 8.78 Å². The molecule has 1 nitrogen and oxygen atoms in total. The molecule has 19 heavy (non-hydrogen) atoms. The van der Waals surface area contributed by atoms with Gasteiger partial charge in [-0.1, -0.05) is 18.2 Å². The molecule has 2 aromatic rings. The molecular formula is C15H14F2OS. The van der Waals surface area contributed by atoms with Gasteiger partial charge in [-0.05, 0) is 42.3 Å². The van der Waals surface area contributed by atoms with Crippen molar-refractivity contribution in [2.24, 2.45) is 0 Å². The van der Waals surface area contributed by atoms with Crippen LogP contribution in [0.25, 0.3) is 0 Å². The number of halogens is 2. The molecule has 0 aliphatic rings. The first-order chi connectivity index (χ1) is 9.06. The molecule has 2 aromatic carbocycles. The van der Waals surface area contributed by atoms with Gasteiger partial charge in [0, 0.05) is 10.6 Å². The van der Waals surface area contributed by atoms with E-state index in [1.54, 1.807) is 13.0 Å². The summed E-state index contributed by atoms with van der Waals surface area (Å²) in [5.74, 6) is -1.07. The predicted molar refractivity (Wildman–Crippen MR) is 73.0 cm³/mol. The van der Waals surface area contributed by atoms with Crippen LogP contribution in [0, 0.1) is 11.6 Å². The van der Waals surface area contributed by atoms with E-state index < -0.39 is 17.7 Å². The van der Waals surface area contributed by atoms with Crippen LogP contribution < -0.4 is 0 Å². The molecule has 100 valence electrons. The molecule has 0 aliphatic heterocycles. The minimum Gasteiger partial charge on any atom is -0.389 e. The fraction of sp³-hybridized carbons (Fsp3) is 0.200. The Labute approximate surface area is 115 Å². The molecule has 0 heterocycles. The quantitative estimate of drug-likeness (QED) is 0.842. The molecule has 1 unspecified atom stereocenters. The molecule has 0 radical (unpaired) electrons. The molecule has 0 amide bonds. The SMILES string of the molecule is CC(O)c1ccc(SCc2ccc(F)c(F)c2)cc1. The number of benzene rings is 2. The van der Waals surface area contributed by atoms with Crippen molar-refractivity contribution >= 4 is 11.8 Å². The van der Waals surface area contributed by atoms with Crippen LogP contribution in [0.5, 0.6) is 0 Å². The molecule has 0 aliphatic carbocycles. The summed E-state index contributed by atoms with van der Waals surface area (Å²) < 4.78 is 25.8. The summed E-state index contributed by atoms with van der Waals surface area (Å²) in [4.78, 5) is 1.02. The summed E-state index contributed by atoms with van der Waals surface area (Å²) in [5.41, 5.74) is 1.60. The second-order valence-corrected chi connectivity index (χ2v) is 5.33. The fourth-order valence-electron chi connectivity index (χ4n) is 1.64. The van der Waals surface area contributed by atoms with Gasteiger partial charge in [-0.2, -0.15) is 0 Å². The molecule has 0 aromatic heterocycles. The summed E-state index contributed by atoms with van der Waals surface area (Å²) in [7, 11) is 0. The monoisotopic (exact) mass is 280 g/mol. The minimum absolute atomic E-state index is 0.481. The Bertz CT molecular complexity index is 553. The van der Waals surface area contributed by atoms with Crippen molar-refractivity contribution in [3.05, 3.63) is 65.2 Å². The van der Waals surface area contributed by atoms with Gasteiger partial charge in [-0.25, -0.2) is 8.78 Å². The van der Waals surface area contributed by atoms with Crippen LogP contribution in [-0.2, 0) is 5.75 Å². The lowest BCUT2D eigenvalue weighted by Crippen LogP contribution is -1.90. The maximum atomic E-state index is 13.0. The Balaban J connectivity index is 2.00. The van der Waals surface area contributed by atoms with Gasteiger partial charge in [0.15, 0.2) is 11.6 Å². The molecule has 1 N–H and O–H groups in total. The van der Waals surface area contributed by atoms with Crippen LogP contribution in [0.1, 0.15) is 24.2 Å². The number of thioether (sulfide) groups is 1. The Morgan fingerprint density at radius 2 is 1.74 bits per heavy atom. The van der Waals surface area contributed by atoms with Gasteiger partial charge in [0.25, 0.3) is 0 Å². The Morgan fingerprint density at radius 3 is 2.32 bits per heavy atom. The average Bonchev–Trinajstić information content (AvgIpc) is 2.40. The normalized spacial score (nSPS) is 12.4. The summed E-state index contributed by atoms with van der Waals surface area (Å²) in [6.07, 6.45) is -0.481. The lowest BCUT2D eigenvalue weighted by Gasteiger charge is -2.06. The van der Waals surface area contributed by atoms with Crippen LogP contribution in [0.2, 0.25) is 0 Å². The van der Waals surface area contributed by atoms with Crippen molar-refractivity contribution in [1.82, 2.24) is 0 Å². The van der Waals surface area contributed by atoms with Crippen LogP contribution in [0.15, 0.2) is 47.4 Å². The third-order valence-corrected chi connectivity index (χ3v) is 3.84. The van der Waals surface area contributed by atoms with Crippen molar-refractivity contribution in [2.75, 3.05) is 0 Å². The Morgan fingerprint density at radius 1 is 1.05 bits per heavy atom. The molecule has 0 saturated heterocycles. The van der Waals surface area contributed by atoms with E-state index in [0.717, 1.165) is 22.1 Å². The van der Waals surface area contributed by atoms with Gasteiger partial charge in [0.05, 0.1) is 6.10 Å². The highest BCUT2D eigenvalue weighted by molar-refractivity contribution is 7.98. The van der Waals surface area contributed by atoms with E-state index in [2.05, 4.69) is 0 Å². The number of rotatable bonds is 4. The predicted octanol–water partition coefficient (Wildman–Crippen LogP) is 4.31. The first kappa shape index (κ1) is 14.0. The third-order valence-electron chi connectivity index (χ3n) is 2.75. The molecule has 0 saturated carbocycles. The number of hydrogen-bond acceptors (Lipinski definition) is 2. The van der Waals surface area contributed by atoms with Crippen molar-refractivity contribution in [1.29, 1.82) is 0 Å². The zero-order valence-corrected chi connectivity index (χ0v) is 11.3. The standard InChI is InChI=1S/C15H14F2OS/c1-10(18)12-3-5-13(6-4-12)19-9-11-2-7-14(16)15(17)8-11/h2-8,10,18H,9H2,1H3. The summed E-state index contributed by atoms with van der Waals surface area (Å²) in [6, 6.07) is 11.5. The first-order valence-electron chi connectivity index (χ1n) is 5.91. The van der Waals surface area contributed by atoms with Gasteiger partial charge in [-0.3, -0.25) is 0 Å². The van der Waals surface area contributed by atoms with Crippen molar-refractivity contribution < 1.29 is 13.9 Å². The smallest absolute Gasteiger partial charge is 0.159 e. The zero-order valence-electron chi connectivity index (χ0n) is 10.4. The lowest BCUT2D eigenvalue weighted by molar-refractivity contribution is 0.199. The summed E-state index contributed by atoms with van der Waals surface area (Å²) in [6.45, 7) is 1.71. The molecule has 2 rings (SSSR count). The Hall–Kier alpha value is -1.39. The van der Waals surface area contributed by atoms with E-state index in [1.165, 1.54) is 17.8 Å². The van der Waals surface area contributed by atoms with Crippen LogP contribution in [-0.4, -0.2) is 5.11 Å². The molecule has 0 spiro atoms. The van der Waals surface area contributed by atoms with E-state index >= 15 is 0 Å². The van der Waals surface area contributed by atoms with E-state index in [0.29, 0.717) is 5.75 Å². The average molecular weight is 280 g/mol. The van der Waals surface area contributed by atoms with Crippen molar-refractivity contribution in [3.8, 4) is 0 Å². The largest absolute Gasteiger partial charge is 0.389 e. The van der Waals surface area contributed by atoms with Crippen molar-refractivity contribution in [2.45, 2.75) is 23.7 Å². The Kier molecular flexibility index (Phi) is 4.56. The van der Waals surface area contributed by atoms with Gasteiger partial charge >= 0.3 is 0 Å². The molecule has 0 fully saturated rings. The highest BCUT2D eigenvalue weighted by Crippen LogP contribution is 2.25. The van der Waals surface area contributed by atoms with Crippen LogP contribution >= 0.6 is 11.8 Å². The first-order valence-corrected chi connectivity index (χ1v) is 6.89. The van der Waals surface area contributed by atoms with Gasteiger partial charge in [0.1, 0.15) is 0 Å². The summed E-state index contributed by atoms with van der Waals surface area (Å²) >= 11 is 1.54. The number of aliphatic hydroxyl groups excluding tert-OH is 1. The maximum Gasteiger partial charge on any atom is 0.159 e. The van der Waals surface area contributed by atoms with Crippen LogP contribution in [0.3, 0.4) is 0 Å². The molecule has 1 atom stereocenters. The highest BCUT2D eigenvalue weighted by Gasteiger charge is 2.04. The second-order valence-electron chi connectivity index (χ2n) is 4.28. The van der Waals surface area contributed by atoms with Gasteiger partial charge < -0.3 is 5.11 Å². The van der Waals surface area contributed by atoms with E-state index in [1.807, 2.05) is 24.3 Å². The topological polar surface area (TPSA) is 20.2 Å². The van der Waals surface area contributed by atoms with E-state index in [4.69, 9.17) is 0 Å². The maximum absolute atomic E-state index is 13.0. The minimum atomic E-state index is -0.824. The van der Waals surface area contributed by atoms with Crippen molar-refractivity contribution in [3.63, 3.8) is 0 Å². The molecular weight excluding hydrogens is 266 g/mol. The fourth-order valence-corrected chi connectivity index (χ4v) is 2.48. The number of hydrogen-bond donors (Lipinski definition) is 1. The second kappa shape index (κ2) is 6.17. The lowest BCUT2D eigenvalue weighted by atomic mass is 10.1. The van der Waals surface area contributed by atoms with Gasteiger partial charge in [-0.15, -0.1) is 11.8 Å². The van der Waals surface area contributed by atoms with Gasteiger partial charge in [0.2, 0.25) is 0 Å². The van der Waals surface area contributed by atoms with E-state index in [9.17, 15) is 13.9 Å². The molecule has 0 bridgehead atoms.